The van der Waals surface area contributed by atoms with E-state index in [9.17, 15) is 22.8 Å². The molecular formula is C23H23N5O6S2. The van der Waals surface area contributed by atoms with E-state index in [1.807, 2.05) is 24.3 Å². The molecular weight excluding hydrogens is 506 g/mol. The summed E-state index contributed by atoms with van der Waals surface area (Å²) in [6.07, 6.45) is 0. The Kier molecular flexibility index (Phi) is 6.28. The average molecular weight is 530 g/mol. The number of fused-ring (bicyclic) bond motifs is 2. The van der Waals surface area contributed by atoms with Gasteiger partial charge in [-0.2, -0.15) is 4.31 Å². The van der Waals surface area contributed by atoms with Crippen molar-refractivity contribution in [2.75, 3.05) is 38.0 Å². The summed E-state index contributed by atoms with van der Waals surface area (Å²) >= 11 is 1.32. The Morgan fingerprint density at radius 3 is 2.61 bits per heavy atom. The molecule has 2 aromatic heterocycles. The number of aromatic nitrogens is 1. The molecule has 4 aromatic rings. The van der Waals surface area contributed by atoms with Crippen LogP contribution in [0.3, 0.4) is 0 Å². The highest BCUT2D eigenvalue weighted by atomic mass is 32.2. The molecule has 1 aliphatic rings. The first-order valence-electron chi connectivity index (χ1n) is 11.3. The number of hydrogen-bond acceptors (Lipinski definition) is 7. The first-order valence-corrected chi connectivity index (χ1v) is 13.5. The molecule has 0 atom stereocenters. The second-order valence-corrected chi connectivity index (χ2v) is 11.1. The van der Waals surface area contributed by atoms with Gasteiger partial charge in [0.15, 0.2) is 5.58 Å². The van der Waals surface area contributed by atoms with Gasteiger partial charge in [-0.15, -0.1) is 11.3 Å². The van der Waals surface area contributed by atoms with Gasteiger partial charge < -0.3 is 14.6 Å². The number of anilines is 1. The van der Waals surface area contributed by atoms with E-state index < -0.39 is 21.8 Å². The number of aromatic amines is 1. The third-order valence-corrected chi connectivity index (χ3v) is 8.91. The van der Waals surface area contributed by atoms with Crippen molar-refractivity contribution in [2.45, 2.75) is 11.8 Å². The van der Waals surface area contributed by atoms with Crippen LogP contribution in [0.1, 0.15) is 17.3 Å². The number of thiophene rings is 1. The summed E-state index contributed by atoms with van der Waals surface area (Å²) in [6.45, 7) is 2.84. The van der Waals surface area contributed by atoms with E-state index in [0.29, 0.717) is 22.6 Å². The molecule has 0 bridgehead atoms. The third-order valence-electron chi connectivity index (χ3n) is 5.93. The quantitative estimate of drug-likeness (QED) is 0.362. The van der Waals surface area contributed by atoms with Crippen molar-refractivity contribution in [2.24, 2.45) is 0 Å². The predicted octanol–water partition coefficient (Wildman–Crippen LogP) is 2.62. The molecule has 3 N–H and O–H groups in total. The molecule has 3 amide bonds. The summed E-state index contributed by atoms with van der Waals surface area (Å²) < 4.78 is 33.5. The fraction of sp³-hybridized carbons (Fsp3) is 0.261. The lowest BCUT2D eigenvalue weighted by Gasteiger charge is -2.34. The summed E-state index contributed by atoms with van der Waals surface area (Å²) in [7, 11) is -3.84. The van der Waals surface area contributed by atoms with Crippen LogP contribution in [0.15, 0.2) is 56.6 Å². The van der Waals surface area contributed by atoms with Crippen molar-refractivity contribution in [3.8, 4) is 0 Å². The molecule has 188 valence electrons. The number of oxazole rings is 1. The number of hydrogen-bond donors (Lipinski definition) is 3. The van der Waals surface area contributed by atoms with Crippen LogP contribution in [0, 0.1) is 0 Å². The van der Waals surface area contributed by atoms with Crippen LogP contribution in [0.2, 0.25) is 0 Å². The zero-order valence-electron chi connectivity index (χ0n) is 19.2. The molecule has 1 saturated heterocycles. The van der Waals surface area contributed by atoms with E-state index in [1.165, 1.54) is 33.8 Å². The zero-order chi connectivity index (χ0) is 25.4. The fourth-order valence-electron chi connectivity index (χ4n) is 4.18. The Hall–Kier alpha value is -3.68. The third kappa shape index (κ3) is 4.36. The highest BCUT2D eigenvalue weighted by Gasteiger charge is 2.32. The van der Waals surface area contributed by atoms with Gasteiger partial charge in [0.05, 0.1) is 16.0 Å². The van der Waals surface area contributed by atoms with Crippen molar-refractivity contribution < 1.29 is 22.4 Å². The normalized spacial score (nSPS) is 14.9. The van der Waals surface area contributed by atoms with Crippen LogP contribution < -0.4 is 16.4 Å². The number of carbonyl (C=O) groups excluding carboxylic acids is 2. The number of H-pyrrole nitrogens is 1. The second-order valence-electron chi connectivity index (χ2n) is 8.16. The Balaban J connectivity index is 1.36. The maximum atomic E-state index is 13.6. The largest absolute Gasteiger partial charge is 0.417 e. The number of benzene rings is 2. The lowest BCUT2D eigenvalue weighted by atomic mass is 10.1. The Bertz CT molecular complexity index is 1630. The number of rotatable bonds is 5. The number of urea groups is 1. The highest BCUT2D eigenvalue weighted by molar-refractivity contribution is 7.89. The van der Waals surface area contributed by atoms with Gasteiger partial charge in [-0.05, 0) is 31.2 Å². The van der Waals surface area contributed by atoms with Crippen LogP contribution in [-0.4, -0.2) is 67.3 Å². The molecule has 2 aromatic carbocycles. The van der Waals surface area contributed by atoms with Gasteiger partial charge >= 0.3 is 11.8 Å². The predicted molar refractivity (Wildman–Crippen MR) is 136 cm³/mol. The summed E-state index contributed by atoms with van der Waals surface area (Å²) in [5.41, 5.74) is 0.966. The van der Waals surface area contributed by atoms with Gasteiger partial charge in [-0.1, -0.05) is 18.2 Å². The van der Waals surface area contributed by atoms with Gasteiger partial charge in [-0.3, -0.25) is 15.1 Å². The lowest BCUT2D eigenvalue weighted by Crippen LogP contribution is -2.50. The Labute approximate surface area is 209 Å². The van der Waals surface area contributed by atoms with Crippen LogP contribution in [0.5, 0.6) is 0 Å². The smallest absolute Gasteiger partial charge is 0.408 e. The number of nitrogens with one attached hydrogen (secondary N) is 3. The summed E-state index contributed by atoms with van der Waals surface area (Å²) in [4.78, 5) is 41.2. The summed E-state index contributed by atoms with van der Waals surface area (Å²) in [5.74, 6) is -0.928. The molecule has 0 unspecified atom stereocenters. The maximum absolute atomic E-state index is 13.6. The standard InChI is InChI=1S/C23H23N5O6S2/c1-2-24-22(30)26-20-19(15-5-3-4-6-18(15)35-20)21(29)27-9-11-28(12-10-27)36(32,33)14-7-8-17-16(13-14)25-23(31)34-17/h3-8,13H,2,9-12H2,1H3,(H,25,31)(H2,24,26,30). The van der Waals surface area contributed by atoms with Gasteiger partial charge in [-0.25, -0.2) is 18.0 Å². The van der Waals surface area contributed by atoms with E-state index in [2.05, 4.69) is 15.6 Å². The molecule has 0 saturated carbocycles. The van der Waals surface area contributed by atoms with Gasteiger partial charge in [0, 0.05) is 42.8 Å². The van der Waals surface area contributed by atoms with Crippen molar-refractivity contribution >= 4 is 59.5 Å². The first kappa shape index (κ1) is 24.0. The average Bonchev–Trinajstić information content (AvgIpc) is 3.42. The number of sulfonamides is 1. The molecule has 0 aliphatic carbocycles. The van der Waals surface area contributed by atoms with E-state index in [4.69, 9.17) is 4.42 Å². The van der Waals surface area contributed by atoms with Crippen molar-refractivity contribution in [1.29, 1.82) is 0 Å². The van der Waals surface area contributed by atoms with Crippen molar-refractivity contribution in [3.05, 3.63) is 58.6 Å². The van der Waals surface area contributed by atoms with E-state index in [1.54, 1.807) is 11.8 Å². The Morgan fingerprint density at radius 2 is 1.86 bits per heavy atom. The number of piperazine rings is 1. The Morgan fingerprint density at radius 1 is 1.11 bits per heavy atom. The molecule has 13 heteroatoms. The van der Waals surface area contributed by atoms with Crippen molar-refractivity contribution in [1.82, 2.24) is 19.5 Å². The van der Waals surface area contributed by atoms with Gasteiger partial charge in [0.25, 0.3) is 5.91 Å². The molecule has 1 fully saturated rings. The molecule has 11 nitrogen and oxygen atoms in total. The van der Waals surface area contributed by atoms with Crippen LogP contribution in [-0.2, 0) is 10.0 Å². The number of nitrogens with zero attached hydrogens (tertiary/aromatic N) is 2. The minimum atomic E-state index is -3.84. The number of amides is 3. The summed E-state index contributed by atoms with van der Waals surface area (Å²) in [5, 5.41) is 6.62. The lowest BCUT2D eigenvalue weighted by molar-refractivity contribution is 0.0701. The van der Waals surface area contributed by atoms with Crippen LogP contribution >= 0.6 is 11.3 Å². The zero-order valence-corrected chi connectivity index (χ0v) is 20.9. The second kappa shape index (κ2) is 9.41. The van der Waals surface area contributed by atoms with Gasteiger partial charge in [0.1, 0.15) is 5.00 Å². The topological polar surface area (TPSA) is 145 Å². The molecule has 36 heavy (non-hydrogen) atoms. The first-order chi connectivity index (χ1) is 17.3. The molecule has 0 radical (unpaired) electrons. The molecule has 1 aliphatic heterocycles. The van der Waals surface area contributed by atoms with Crippen molar-refractivity contribution in [3.63, 3.8) is 0 Å². The monoisotopic (exact) mass is 529 g/mol. The van der Waals surface area contributed by atoms with E-state index in [0.717, 1.165) is 10.1 Å². The van der Waals surface area contributed by atoms with Crippen LogP contribution in [0.4, 0.5) is 9.80 Å². The molecule has 5 rings (SSSR count). The number of carbonyl (C=O) groups is 2. The minimum Gasteiger partial charge on any atom is -0.408 e. The van der Waals surface area contributed by atoms with Crippen LogP contribution in [0.25, 0.3) is 21.2 Å². The minimum absolute atomic E-state index is 0.0316. The SMILES string of the molecule is CCNC(=O)Nc1sc2ccccc2c1C(=O)N1CCN(S(=O)(=O)c2ccc3oc(=O)[nH]c3c2)CC1. The fourth-order valence-corrected chi connectivity index (χ4v) is 6.72. The summed E-state index contributed by atoms with van der Waals surface area (Å²) in [6, 6.07) is 11.2. The molecule has 0 spiro atoms. The van der Waals surface area contributed by atoms with E-state index in [-0.39, 0.29) is 42.6 Å². The van der Waals surface area contributed by atoms with E-state index >= 15 is 0 Å². The highest BCUT2D eigenvalue weighted by Crippen LogP contribution is 2.36. The van der Waals surface area contributed by atoms with Gasteiger partial charge in [0.2, 0.25) is 10.0 Å². The molecule has 3 heterocycles. The maximum Gasteiger partial charge on any atom is 0.417 e.